The van der Waals surface area contributed by atoms with Crippen LogP contribution in [0.2, 0.25) is 0 Å². The number of aryl methyl sites for hydroxylation is 1. The van der Waals surface area contributed by atoms with Crippen molar-refractivity contribution in [1.82, 2.24) is 19.7 Å². The third kappa shape index (κ3) is 1.98. The van der Waals surface area contributed by atoms with Gasteiger partial charge in [-0.2, -0.15) is 0 Å². The average molecular weight is 298 g/mol. The molecule has 0 aliphatic carbocycles. The minimum atomic E-state index is 0.0495. The first-order chi connectivity index (χ1) is 10.6. The van der Waals surface area contributed by atoms with Crippen LogP contribution in [-0.4, -0.2) is 38.7 Å². The SMILES string of the molecule is Cc1nnc2n1[C@@H](C)CN(C(=O)c1ccc3c(c1)CCO3)C2. The second-order valence-corrected chi connectivity index (χ2v) is 5.99. The highest BCUT2D eigenvalue weighted by atomic mass is 16.5. The molecule has 6 nitrogen and oxygen atoms in total. The summed E-state index contributed by atoms with van der Waals surface area (Å²) in [5.41, 5.74) is 1.84. The predicted octanol–water partition coefficient (Wildman–Crippen LogP) is 1.74. The van der Waals surface area contributed by atoms with Crippen LogP contribution in [-0.2, 0) is 13.0 Å². The summed E-state index contributed by atoms with van der Waals surface area (Å²) in [7, 11) is 0. The number of carbonyl (C=O) groups excluding carboxylic acids is 1. The highest BCUT2D eigenvalue weighted by Gasteiger charge is 2.29. The first-order valence-electron chi connectivity index (χ1n) is 7.59. The van der Waals surface area contributed by atoms with Gasteiger partial charge in [-0.3, -0.25) is 4.79 Å². The highest BCUT2D eigenvalue weighted by Crippen LogP contribution is 2.28. The molecule has 0 radical (unpaired) electrons. The lowest BCUT2D eigenvalue weighted by Crippen LogP contribution is -2.40. The van der Waals surface area contributed by atoms with Gasteiger partial charge in [0.2, 0.25) is 0 Å². The molecule has 2 aromatic rings. The number of benzene rings is 1. The van der Waals surface area contributed by atoms with E-state index < -0.39 is 0 Å². The lowest BCUT2D eigenvalue weighted by molar-refractivity contribution is 0.0680. The normalized spacial score (nSPS) is 19.5. The van der Waals surface area contributed by atoms with Gasteiger partial charge in [0.15, 0.2) is 5.82 Å². The quantitative estimate of drug-likeness (QED) is 0.804. The fraction of sp³-hybridized carbons (Fsp3) is 0.438. The Balaban J connectivity index is 1.61. The van der Waals surface area contributed by atoms with Crippen molar-refractivity contribution < 1.29 is 9.53 Å². The number of nitrogens with zero attached hydrogens (tertiary/aromatic N) is 4. The van der Waals surface area contributed by atoms with E-state index in [0.717, 1.165) is 34.9 Å². The van der Waals surface area contributed by atoms with E-state index in [9.17, 15) is 4.79 Å². The summed E-state index contributed by atoms with van der Waals surface area (Å²) in [5.74, 6) is 2.71. The van der Waals surface area contributed by atoms with Crippen LogP contribution < -0.4 is 4.74 Å². The summed E-state index contributed by atoms with van der Waals surface area (Å²) < 4.78 is 7.61. The van der Waals surface area contributed by atoms with E-state index >= 15 is 0 Å². The molecule has 1 atom stereocenters. The van der Waals surface area contributed by atoms with E-state index in [1.54, 1.807) is 0 Å². The summed E-state index contributed by atoms with van der Waals surface area (Å²) in [6.07, 6.45) is 0.875. The highest BCUT2D eigenvalue weighted by molar-refractivity contribution is 5.94. The summed E-state index contributed by atoms with van der Waals surface area (Å²) in [4.78, 5) is 14.6. The maximum absolute atomic E-state index is 12.8. The summed E-state index contributed by atoms with van der Waals surface area (Å²) >= 11 is 0. The molecule has 22 heavy (non-hydrogen) atoms. The molecule has 0 saturated heterocycles. The Labute approximate surface area is 128 Å². The van der Waals surface area contributed by atoms with Crippen LogP contribution in [0.25, 0.3) is 0 Å². The minimum absolute atomic E-state index is 0.0495. The van der Waals surface area contributed by atoms with Crippen LogP contribution >= 0.6 is 0 Å². The van der Waals surface area contributed by atoms with Crippen molar-refractivity contribution in [3.05, 3.63) is 41.0 Å². The Hall–Kier alpha value is -2.37. The number of amides is 1. The van der Waals surface area contributed by atoms with E-state index in [1.807, 2.05) is 30.0 Å². The van der Waals surface area contributed by atoms with E-state index in [-0.39, 0.29) is 11.9 Å². The van der Waals surface area contributed by atoms with Gasteiger partial charge in [0, 0.05) is 18.5 Å². The van der Waals surface area contributed by atoms with Gasteiger partial charge in [-0.05, 0) is 37.6 Å². The molecule has 0 bridgehead atoms. The number of hydrogen-bond donors (Lipinski definition) is 0. The van der Waals surface area contributed by atoms with Crippen molar-refractivity contribution in [2.75, 3.05) is 13.2 Å². The number of aromatic nitrogens is 3. The monoisotopic (exact) mass is 298 g/mol. The minimum Gasteiger partial charge on any atom is -0.493 e. The second-order valence-electron chi connectivity index (χ2n) is 5.99. The molecule has 0 spiro atoms. The molecule has 0 unspecified atom stereocenters. The van der Waals surface area contributed by atoms with Gasteiger partial charge in [0.1, 0.15) is 11.6 Å². The van der Waals surface area contributed by atoms with Crippen molar-refractivity contribution in [2.45, 2.75) is 32.9 Å². The number of ether oxygens (including phenoxy) is 1. The zero-order chi connectivity index (χ0) is 15.3. The Bertz CT molecular complexity index is 753. The van der Waals surface area contributed by atoms with E-state index in [1.165, 1.54) is 0 Å². The maximum atomic E-state index is 12.8. The van der Waals surface area contributed by atoms with Crippen LogP contribution in [0, 0.1) is 6.92 Å². The molecule has 6 heteroatoms. The fourth-order valence-electron chi connectivity index (χ4n) is 3.39. The Morgan fingerprint density at radius 2 is 2.23 bits per heavy atom. The molecule has 0 saturated carbocycles. The van der Waals surface area contributed by atoms with Crippen molar-refractivity contribution in [1.29, 1.82) is 0 Å². The van der Waals surface area contributed by atoms with Gasteiger partial charge >= 0.3 is 0 Å². The van der Waals surface area contributed by atoms with Crippen LogP contribution in [0.4, 0.5) is 0 Å². The van der Waals surface area contributed by atoms with Crippen molar-refractivity contribution in [3.63, 3.8) is 0 Å². The third-order valence-corrected chi connectivity index (χ3v) is 4.42. The predicted molar refractivity (Wildman–Crippen MR) is 79.9 cm³/mol. The largest absolute Gasteiger partial charge is 0.493 e. The van der Waals surface area contributed by atoms with Crippen molar-refractivity contribution >= 4 is 5.91 Å². The Morgan fingerprint density at radius 3 is 3.09 bits per heavy atom. The zero-order valence-corrected chi connectivity index (χ0v) is 12.7. The lowest BCUT2D eigenvalue weighted by Gasteiger charge is -2.32. The molecule has 0 N–H and O–H groups in total. The van der Waals surface area contributed by atoms with Gasteiger partial charge in [-0.15, -0.1) is 10.2 Å². The molecule has 4 rings (SSSR count). The molecule has 2 aliphatic heterocycles. The first kappa shape index (κ1) is 13.3. The number of fused-ring (bicyclic) bond motifs is 2. The zero-order valence-electron chi connectivity index (χ0n) is 12.7. The van der Waals surface area contributed by atoms with E-state index in [0.29, 0.717) is 19.7 Å². The summed E-state index contributed by atoms with van der Waals surface area (Å²) in [5, 5.41) is 8.31. The standard InChI is InChI=1S/C16H18N4O2/c1-10-8-19(9-15-18-17-11(2)20(10)15)16(21)13-3-4-14-12(7-13)5-6-22-14/h3-4,7,10H,5-6,8-9H2,1-2H3/t10-/m0/s1. The molecular formula is C16H18N4O2. The molecule has 2 aliphatic rings. The molecule has 3 heterocycles. The average Bonchev–Trinajstić information content (AvgIpc) is 3.12. The van der Waals surface area contributed by atoms with Crippen molar-refractivity contribution in [2.24, 2.45) is 0 Å². The van der Waals surface area contributed by atoms with Crippen molar-refractivity contribution in [3.8, 4) is 5.75 Å². The number of rotatable bonds is 1. The second kappa shape index (κ2) is 4.83. The topological polar surface area (TPSA) is 60.2 Å². The first-order valence-corrected chi connectivity index (χ1v) is 7.59. The lowest BCUT2D eigenvalue weighted by atomic mass is 10.1. The smallest absolute Gasteiger partial charge is 0.254 e. The van der Waals surface area contributed by atoms with Gasteiger partial charge in [-0.1, -0.05) is 0 Å². The van der Waals surface area contributed by atoms with Gasteiger partial charge in [0.25, 0.3) is 5.91 Å². The third-order valence-electron chi connectivity index (χ3n) is 4.42. The summed E-state index contributed by atoms with van der Waals surface area (Å²) in [6, 6.07) is 5.90. The van der Waals surface area contributed by atoms with Crippen LogP contribution in [0.15, 0.2) is 18.2 Å². The molecule has 1 amide bonds. The number of hydrogen-bond acceptors (Lipinski definition) is 4. The maximum Gasteiger partial charge on any atom is 0.254 e. The van der Waals surface area contributed by atoms with Gasteiger partial charge in [0.05, 0.1) is 19.2 Å². The molecular weight excluding hydrogens is 280 g/mol. The van der Waals surface area contributed by atoms with Gasteiger partial charge < -0.3 is 14.2 Å². The Morgan fingerprint density at radius 1 is 1.36 bits per heavy atom. The van der Waals surface area contributed by atoms with Crippen LogP contribution in [0.3, 0.4) is 0 Å². The molecule has 0 fully saturated rings. The van der Waals surface area contributed by atoms with Crippen LogP contribution in [0.1, 0.15) is 40.5 Å². The van der Waals surface area contributed by atoms with E-state index in [4.69, 9.17) is 4.74 Å². The number of carbonyl (C=O) groups is 1. The molecule has 114 valence electrons. The molecule has 1 aromatic heterocycles. The van der Waals surface area contributed by atoms with E-state index in [2.05, 4.69) is 21.7 Å². The summed E-state index contributed by atoms with van der Waals surface area (Å²) in [6.45, 7) is 5.94. The fourth-order valence-corrected chi connectivity index (χ4v) is 3.39. The molecule has 1 aromatic carbocycles. The Kier molecular flexibility index (Phi) is 2.92. The van der Waals surface area contributed by atoms with Crippen LogP contribution in [0.5, 0.6) is 5.75 Å². The van der Waals surface area contributed by atoms with Gasteiger partial charge in [-0.25, -0.2) is 0 Å².